The third kappa shape index (κ3) is 3.91. The number of rotatable bonds is 4. The van der Waals surface area contributed by atoms with Crippen LogP contribution in [0.2, 0.25) is 0 Å². The van der Waals surface area contributed by atoms with Gasteiger partial charge in [-0.1, -0.05) is 11.3 Å². The maximum Gasteiger partial charge on any atom is 0.275 e. The van der Waals surface area contributed by atoms with Crippen LogP contribution < -0.4 is 5.32 Å². The molecule has 0 unspecified atom stereocenters. The molecule has 0 spiro atoms. The van der Waals surface area contributed by atoms with Crippen molar-refractivity contribution >= 4 is 62.5 Å². The van der Waals surface area contributed by atoms with Crippen molar-refractivity contribution in [3.05, 3.63) is 42.5 Å². The second kappa shape index (κ2) is 7.94. The molecule has 28 heavy (non-hydrogen) atoms. The van der Waals surface area contributed by atoms with E-state index < -0.39 is 10.0 Å². The first-order valence-corrected chi connectivity index (χ1v) is 10.6. The minimum absolute atomic E-state index is 0. The fourth-order valence-electron chi connectivity index (χ4n) is 2.95. The number of aromatic amines is 1. The summed E-state index contributed by atoms with van der Waals surface area (Å²) in [5, 5.41) is 2.78. The molecule has 11 heteroatoms. The van der Waals surface area contributed by atoms with Crippen molar-refractivity contribution in [2.45, 2.75) is 24.0 Å². The fraction of sp³-hybridized carbons (Fsp3) is 0.235. The topological polar surface area (TPSA) is 108 Å². The molecule has 0 aromatic carbocycles. The summed E-state index contributed by atoms with van der Waals surface area (Å²) < 4.78 is 27.3. The molecular weight excluding hydrogens is 418 g/mol. The number of aromatic nitrogens is 3. The highest BCUT2D eigenvalue weighted by atomic mass is 32.2. The number of fused-ring (bicyclic) bond motifs is 1. The van der Waals surface area contributed by atoms with E-state index >= 15 is 0 Å². The van der Waals surface area contributed by atoms with Crippen LogP contribution in [-0.2, 0) is 14.8 Å². The number of allylic oxidation sites excluding steroid dienone is 1. The summed E-state index contributed by atoms with van der Waals surface area (Å²) in [5.74, 6) is -0.291. The third-order valence-electron chi connectivity index (χ3n) is 4.19. The smallest absolute Gasteiger partial charge is 0.275 e. The monoisotopic (exact) mass is 441 g/mol. The summed E-state index contributed by atoms with van der Waals surface area (Å²) in [7, 11) is -3.72. The summed E-state index contributed by atoms with van der Waals surface area (Å²) in [4.78, 5) is 22.7. The maximum atomic E-state index is 13.0. The quantitative estimate of drug-likeness (QED) is 0.645. The summed E-state index contributed by atoms with van der Waals surface area (Å²) in [6.45, 7) is 1.75. The molecule has 1 amide bonds. The Kier molecular flexibility index (Phi) is 5.77. The third-order valence-corrected chi connectivity index (χ3v) is 7.30. The Hall–Kier alpha value is -2.37. The number of carbonyl (C=O) groups is 1. The van der Waals surface area contributed by atoms with Gasteiger partial charge in [0.05, 0.1) is 17.2 Å². The van der Waals surface area contributed by atoms with Crippen LogP contribution in [-0.4, -0.2) is 40.1 Å². The molecule has 2 N–H and O–H groups in total. The number of nitrogens with one attached hydrogen (secondary N) is 2. The van der Waals surface area contributed by atoms with E-state index in [1.165, 1.54) is 17.4 Å². The van der Waals surface area contributed by atoms with Gasteiger partial charge in [0.25, 0.3) is 10.0 Å². The lowest BCUT2D eigenvalue weighted by Gasteiger charge is -2.25. The van der Waals surface area contributed by atoms with Gasteiger partial charge in [-0.3, -0.25) is 14.1 Å². The van der Waals surface area contributed by atoms with E-state index in [0.717, 1.165) is 40.1 Å². The summed E-state index contributed by atoms with van der Waals surface area (Å²) in [5.41, 5.74) is 3.54. The lowest BCUT2D eigenvalue weighted by Crippen LogP contribution is -2.29. The number of thiazole rings is 1. The maximum absolute atomic E-state index is 13.0. The van der Waals surface area contributed by atoms with Gasteiger partial charge < -0.3 is 10.3 Å². The molecule has 3 aromatic rings. The molecule has 0 aliphatic carbocycles. The Morgan fingerprint density at radius 2 is 2.21 bits per heavy atom. The van der Waals surface area contributed by atoms with Gasteiger partial charge in [0, 0.05) is 34.4 Å². The van der Waals surface area contributed by atoms with Crippen LogP contribution in [0, 0.1) is 0 Å². The zero-order valence-corrected chi connectivity index (χ0v) is 17.6. The molecule has 1 aliphatic heterocycles. The van der Waals surface area contributed by atoms with E-state index in [0.29, 0.717) is 13.0 Å². The number of sulfonamides is 1. The van der Waals surface area contributed by atoms with E-state index in [-0.39, 0.29) is 31.6 Å². The Morgan fingerprint density at radius 3 is 2.96 bits per heavy atom. The Labute approximate surface area is 176 Å². The molecule has 0 saturated carbocycles. The highest BCUT2D eigenvalue weighted by Crippen LogP contribution is 2.32. The molecule has 1 aliphatic rings. The van der Waals surface area contributed by atoms with Gasteiger partial charge in [0.15, 0.2) is 9.34 Å². The number of amides is 1. The van der Waals surface area contributed by atoms with Crippen LogP contribution in [0.1, 0.15) is 28.3 Å². The fourth-order valence-corrected chi connectivity index (χ4v) is 5.55. The van der Waals surface area contributed by atoms with E-state index in [4.69, 9.17) is 0 Å². The van der Waals surface area contributed by atoms with Gasteiger partial charge in [-0.2, -0.15) is 13.5 Å². The number of anilines is 1. The number of pyridine rings is 1. The number of hydrogen-bond donors (Lipinski definition) is 2. The molecular formula is C17H23N5O3S3. The van der Waals surface area contributed by atoms with Crippen LogP contribution in [0.15, 0.2) is 41.0 Å². The number of nitrogens with zero attached hydrogens (tertiary/aromatic N) is 3. The van der Waals surface area contributed by atoms with Gasteiger partial charge in [0.1, 0.15) is 0 Å². The SMILES string of the molecule is CC(=O)Nc1ncc(S(=O)(=O)N2C=C(c3cc4ncccc4[nH]3)CCC2)s1.S.[HH].[HH]. The van der Waals surface area contributed by atoms with Crippen molar-refractivity contribution in [2.75, 3.05) is 11.9 Å². The van der Waals surface area contributed by atoms with Crippen LogP contribution in [0.4, 0.5) is 5.13 Å². The molecule has 0 bridgehead atoms. The summed E-state index contributed by atoms with van der Waals surface area (Å²) in [6, 6.07) is 5.72. The van der Waals surface area contributed by atoms with Gasteiger partial charge in [0.2, 0.25) is 5.91 Å². The molecule has 3 aromatic heterocycles. The molecule has 0 radical (unpaired) electrons. The largest absolute Gasteiger partial charge is 0.353 e. The predicted molar refractivity (Wildman–Crippen MR) is 118 cm³/mol. The van der Waals surface area contributed by atoms with Crippen LogP contribution in [0.25, 0.3) is 16.6 Å². The Bertz CT molecular complexity index is 1130. The van der Waals surface area contributed by atoms with Gasteiger partial charge in [-0.15, -0.1) is 0 Å². The van der Waals surface area contributed by atoms with Crippen LogP contribution in [0.5, 0.6) is 0 Å². The first kappa shape index (κ1) is 20.4. The molecule has 4 rings (SSSR count). The standard InChI is InChI=1S/C17H17N5O3S2.H2S.2H2/c1-11(23)20-17-19-9-16(26-17)27(24,25)22-7-3-4-12(10-22)14-8-15-13(21-14)5-2-6-18-15;;;/h2,5-6,8-10,21H,3-4,7H2,1H3,(H,19,20,23);1H2;2*1H. The van der Waals surface area contributed by atoms with Crippen LogP contribution >= 0.6 is 24.8 Å². The average molecular weight is 442 g/mol. The Morgan fingerprint density at radius 1 is 1.39 bits per heavy atom. The molecule has 8 nitrogen and oxygen atoms in total. The second-order valence-electron chi connectivity index (χ2n) is 6.16. The summed E-state index contributed by atoms with van der Waals surface area (Å²) in [6.07, 6.45) is 6.16. The number of H-pyrrole nitrogens is 1. The summed E-state index contributed by atoms with van der Waals surface area (Å²) >= 11 is 0.943. The molecule has 0 fully saturated rings. The molecule has 0 atom stereocenters. The van der Waals surface area contributed by atoms with Crippen LogP contribution in [0.3, 0.4) is 0 Å². The van der Waals surface area contributed by atoms with Gasteiger partial charge >= 0.3 is 0 Å². The highest BCUT2D eigenvalue weighted by molar-refractivity contribution is 7.91. The van der Waals surface area contributed by atoms with Crippen molar-refractivity contribution in [2.24, 2.45) is 0 Å². The molecule has 4 heterocycles. The van der Waals surface area contributed by atoms with Crippen molar-refractivity contribution in [1.82, 2.24) is 19.3 Å². The Balaban J connectivity index is 0.00000150. The lowest BCUT2D eigenvalue weighted by atomic mass is 10.1. The number of hydrogen-bond acceptors (Lipinski definition) is 6. The van der Waals surface area contributed by atoms with Crippen molar-refractivity contribution in [3.8, 4) is 0 Å². The predicted octanol–water partition coefficient (Wildman–Crippen LogP) is 3.41. The highest BCUT2D eigenvalue weighted by Gasteiger charge is 2.27. The molecule has 0 saturated heterocycles. The zero-order chi connectivity index (χ0) is 19.0. The second-order valence-corrected chi connectivity index (χ2v) is 9.31. The minimum Gasteiger partial charge on any atom is -0.353 e. The van der Waals surface area contributed by atoms with Crippen molar-refractivity contribution in [1.29, 1.82) is 0 Å². The van der Waals surface area contributed by atoms with Crippen molar-refractivity contribution < 1.29 is 16.1 Å². The van der Waals surface area contributed by atoms with E-state index in [1.807, 2.05) is 18.2 Å². The van der Waals surface area contributed by atoms with E-state index in [2.05, 4.69) is 20.3 Å². The van der Waals surface area contributed by atoms with E-state index in [1.54, 1.807) is 12.4 Å². The zero-order valence-electron chi connectivity index (χ0n) is 15.0. The van der Waals surface area contributed by atoms with E-state index in [9.17, 15) is 13.2 Å². The number of carbonyl (C=O) groups excluding carboxylic acids is 1. The van der Waals surface area contributed by atoms with Crippen molar-refractivity contribution in [3.63, 3.8) is 0 Å². The first-order valence-electron chi connectivity index (χ1n) is 8.33. The van der Waals surface area contributed by atoms with Gasteiger partial charge in [-0.05, 0) is 36.6 Å². The average Bonchev–Trinajstić information content (AvgIpc) is 3.28. The van der Waals surface area contributed by atoms with Gasteiger partial charge in [-0.25, -0.2) is 13.4 Å². The normalized spacial score (nSPS) is 14.5. The first-order chi connectivity index (χ1) is 12.9. The molecule has 152 valence electrons. The lowest BCUT2D eigenvalue weighted by molar-refractivity contribution is -0.114. The minimum atomic E-state index is -3.72.